The third-order valence-electron chi connectivity index (χ3n) is 2.96. The van der Waals surface area contributed by atoms with Gasteiger partial charge in [-0.05, 0) is 24.6 Å². The Labute approximate surface area is 106 Å². The quantitative estimate of drug-likeness (QED) is 0.627. The third kappa shape index (κ3) is 2.53. The van der Waals surface area contributed by atoms with Gasteiger partial charge in [-0.3, -0.25) is 4.98 Å². The zero-order chi connectivity index (χ0) is 13.0. The van der Waals surface area contributed by atoms with Crippen LogP contribution in [0.3, 0.4) is 0 Å². The number of pyridine rings is 1. The summed E-state index contributed by atoms with van der Waals surface area (Å²) in [6, 6.07) is 5.01. The molecule has 0 fully saturated rings. The lowest BCUT2D eigenvalue weighted by atomic mass is 10.1. The Morgan fingerprint density at radius 1 is 1.39 bits per heavy atom. The first-order valence-electron chi connectivity index (χ1n) is 6.30. The highest BCUT2D eigenvalue weighted by atomic mass is 19.1. The molecule has 0 aliphatic carbocycles. The number of anilines is 2. The fraction of sp³-hybridized carbons (Fsp3) is 0.357. The lowest BCUT2D eigenvalue weighted by molar-refractivity contribution is 0.630. The summed E-state index contributed by atoms with van der Waals surface area (Å²) in [5, 5.41) is 3.91. The maximum absolute atomic E-state index is 13.9. The van der Waals surface area contributed by atoms with E-state index in [2.05, 4.69) is 17.2 Å². The highest BCUT2D eigenvalue weighted by Gasteiger charge is 2.10. The number of nitrogen functional groups attached to an aromatic ring is 1. The number of aromatic nitrogens is 1. The van der Waals surface area contributed by atoms with Gasteiger partial charge >= 0.3 is 0 Å². The van der Waals surface area contributed by atoms with Crippen LogP contribution < -0.4 is 11.1 Å². The van der Waals surface area contributed by atoms with Crippen LogP contribution in [0.1, 0.15) is 26.2 Å². The molecule has 1 heterocycles. The minimum atomic E-state index is -0.338. The summed E-state index contributed by atoms with van der Waals surface area (Å²) >= 11 is 0. The first-order chi connectivity index (χ1) is 8.74. The molecule has 1 aromatic heterocycles. The van der Waals surface area contributed by atoms with Crippen molar-refractivity contribution >= 4 is 22.3 Å². The van der Waals surface area contributed by atoms with Crippen LogP contribution in [0, 0.1) is 5.82 Å². The summed E-state index contributed by atoms with van der Waals surface area (Å²) in [4.78, 5) is 4.22. The molecule has 2 aromatic rings. The molecule has 0 aliphatic heterocycles. The van der Waals surface area contributed by atoms with Crippen molar-refractivity contribution < 1.29 is 4.39 Å². The predicted molar refractivity (Wildman–Crippen MR) is 74.1 cm³/mol. The van der Waals surface area contributed by atoms with Crippen molar-refractivity contribution in [3.05, 3.63) is 30.2 Å². The summed E-state index contributed by atoms with van der Waals surface area (Å²) in [5.74, 6) is -0.338. The van der Waals surface area contributed by atoms with E-state index in [9.17, 15) is 4.39 Å². The van der Waals surface area contributed by atoms with E-state index in [0.29, 0.717) is 16.9 Å². The Bertz CT molecular complexity index is 540. The number of halogens is 1. The number of unbranched alkanes of at least 4 members (excludes halogenated alkanes) is 2. The summed E-state index contributed by atoms with van der Waals surface area (Å²) in [6.07, 6.45) is 4.95. The van der Waals surface area contributed by atoms with Crippen molar-refractivity contribution in [1.29, 1.82) is 0 Å². The zero-order valence-electron chi connectivity index (χ0n) is 10.5. The van der Waals surface area contributed by atoms with Gasteiger partial charge in [0.15, 0.2) is 5.82 Å². The van der Waals surface area contributed by atoms with Gasteiger partial charge in [0.05, 0.1) is 11.2 Å². The topological polar surface area (TPSA) is 50.9 Å². The van der Waals surface area contributed by atoms with E-state index in [-0.39, 0.29) is 5.82 Å². The minimum absolute atomic E-state index is 0.338. The van der Waals surface area contributed by atoms with Gasteiger partial charge in [-0.15, -0.1) is 0 Å². The first kappa shape index (κ1) is 12.6. The second-order valence-electron chi connectivity index (χ2n) is 4.36. The largest absolute Gasteiger partial charge is 0.398 e. The lowest BCUT2D eigenvalue weighted by Gasteiger charge is -2.11. The van der Waals surface area contributed by atoms with Gasteiger partial charge in [0.25, 0.3) is 0 Å². The van der Waals surface area contributed by atoms with E-state index in [1.807, 2.05) is 6.07 Å². The van der Waals surface area contributed by atoms with E-state index in [1.165, 1.54) is 6.07 Å². The third-order valence-corrected chi connectivity index (χ3v) is 2.96. The molecule has 2 rings (SSSR count). The van der Waals surface area contributed by atoms with E-state index in [4.69, 9.17) is 5.73 Å². The maximum Gasteiger partial charge on any atom is 0.150 e. The molecule has 3 N–H and O–H groups in total. The van der Waals surface area contributed by atoms with Crippen molar-refractivity contribution in [2.75, 3.05) is 17.6 Å². The highest BCUT2D eigenvalue weighted by Crippen LogP contribution is 2.29. The van der Waals surface area contributed by atoms with Gasteiger partial charge in [-0.1, -0.05) is 19.8 Å². The molecule has 0 unspecified atom stereocenters. The second kappa shape index (κ2) is 5.67. The number of nitrogens with zero attached hydrogens (tertiary/aromatic N) is 1. The SMILES string of the molecule is CCCCCNc1c(F)cc(N)c2cccnc12. The van der Waals surface area contributed by atoms with Crippen LogP contribution in [-0.2, 0) is 0 Å². The Morgan fingerprint density at radius 3 is 3.00 bits per heavy atom. The van der Waals surface area contributed by atoms with Crippen LogP contribution >= 0.6 is 0 Å². The van der Waals surface area contributed by atoms with E-state index in [1.54, 1.807) is 12.3 Å². The average molecular weight is 247 g/mol. The van der Waals surface area contributed by atoms with Crippen molar-refractivity contribution in [2.45, 2.75) is 26.2 Å². The van der Waals surface area contributed by atoms with E-state index < -0.39 is 0 Å². The molecule has 0 aliphatic rings. The summed E-state index contributed by atoms with van der Waals surface area (Å²) < 4.78 is 13.9. The van der Waals surface area contributed by atoms with Crippen LogP contribution in [-0.4, -0.2) is 11.5 Å². The molecule has 0 amide bonds. The Balaban J connectivity index is 2.31. The Hall–Kier alpha value is -1.84. The molecule has 18 heavy (non-hydrogen) atoms. The minimum Gasteiger partial charge on any atom is -0.398 e. The summed E-state index contributed by atoms with van der Waals surface area (Å²) in [5.41, 5.74) is 7.28. The number of nitrogens with two attached hydrogens (primary N) is 1. The molecule has 0 spiro atoms. The molecular weight excluding hydrogens is 229 g/mol. The fourth-order valence-electron chi connectivity index (χ4n) is 1.99. The number of rotatable bonds is 5. The smallest absolute Gasteiger partial charge is 0.150 e. The molecule has 0 saturated carbocycles. The van der Waals surface area contributed by atoms with Gasteiger partial charge in [-0.25, -0.2) is 4.39 Å². The monoisotopic (exact) mass is 247 g/mol. The molecule has 0 radical (unpaired) electrons. The number of hydrogen-bond acceptors (Lipinski definition) is 3. The van der Waals surface area contributed by atoms with Crippen molar-refractivity contribution in [1.82, 2.24) is 4.98 Å². The molecule has 4 heteroatoms. The zero-order valence-corrected chi connectivity index (χ0v) is 10.5. The average Bonchev–Trinajstić information content (AvgIpc) is 2.38. The fourth-order valence-corrected chi connectivity index (χ4v) is 1.99. The number of nitrogens with one attached hydrogen (secondary N) is 1. The van der Waals surface area contributed by atoms with Crippen LogP contribution in [0.5, 0.6) is 0 Å². The number of benzene rings is 1. The summed E-state index contributed by atoms with van der Waals surface area (Å²) in [6.45, 7) is 2.89. The maximum atomic E-state index is 13.9. The molecule has 3 nitrogen and oxygen atoms in total. The Morgan fingerprint density at radius 2 is 2.22 bits per heavy atom. The first-order valence-corrected chi connectivity index (χ1v) is 6.30. The number of hydrogen-bond donors (Lipinski definition) is 2. The normalized spacial score (nSPS) is 10.8. The van der Waals surface area contributed by atoms with E-state index in [0.717, 1.165) is 31.2 Å². The van der Waals surface area contributed by atoms with Crippen LogP contribution in [0.15, 0.2) is 24.4 Å². The Kier molecular flexibility index (Phi) is 3.97. The van der Waals surface area contributed by atoms with Gasteiger partial charge in [0.2, 0.25) is 0 Å². The molecule has 0 bridgehead atoms. The van der Waals surface area contributed by atoms with Crippen LogP contribution in [0.25, 0.3) is 10.9 Å². The molecule has 96 valence electrons. The summed E-state index contributed by atoms with van der Waals surface area (Å²) in [7, 11) is 0. The van der Waals surface area contributed by atoms with Crippen LogP contribution in [0.2, 0.25) is 0 Å². The molecule has 1 aromatic carbocycles. The van der Waals surface area contributed by atoms with Crippen molar-refractivity contribution in [3.63, 3.8) is 0 Å². The molecule has 0 atom stereocenters. The lowest BCUT2D eigenvalue weighted by Crippen LogP contribution is -2.05. The second-order valence-corrected chi connectivity index (χ2v) is 4.36. The van der Waals surface area contributed by atoms with Gasteiger partial charge in [0, 0.05) is 23.8 Å². The number of fused-ring (bicyclic) bond motifs is 1. The standard InChI is InChI=1S/C14H18FN3/c1-2-3-4-7-18-14-11(15)9-12(16)10-6-5-8-17-13(10)14/h5-6,8-9,18H,2-4,7,16H2,1H3. The molecule has 0 saturated heterocycles. The van der Waals surface area contributed by atoms with Crippen molar-refractivity contribution in [2.24, 2.45) is 0 Å². The van der Waals surface area contributed by atoms with Gasteiger partial charge in [-0.2, -0.15) is 0 Å². The predicted octanol–water partition coefficient (Wildman–Crippen LogP) is 3.56. The van der Waals surface area contributed by atoms with Gasteiger partial charge < -0.3 is 11.1 Å². The van der Waals surface area contributed by atoms with Gasteiger partial charge in [0.1, 0.15) is 0 Å². The van der Waals surface area contributed by atoms with Crippen LogP contribution in [0.4, 0.5) is 15.8 Å². The highest BCUT2D eigenvalue weighted by molar-refractivity contribution is 5.98. The van der Waals surface area contributed by atoms with E-state index >= 15 is 0 Å². The molecular formula is C14H18FN3. The van der Waals surface area contributed by atoms with Crippen molar-refractivity contribution in [3.8, 4) is 0 Å².